The standard InChI is InChI=1S/C27H20N4O6/c32-26(20-3-1-5-24(16-20)30(34)35)28-22-11-7-18(8-12-22)15-19-9-13-23(14-10-19)29-27(33)21-4-2-6-25(17-21)31(36)37/h1-14,16-17H,15H2,(H,28,32)(H,29,33). The summed E-state index contributed by atoms with van der Waals surface area (Å²) in [7, 11) is 0. The molecule has 0 fully saturated rings. The predicted molar refractivity (Wildman–Crippen MR) is 138 cm³/mol. The Balaban J connectivity index is 1.34. The van der Waals surface area contributed by atoms with Crippen LogP contribution in [0, 0.1) is 20.2 Å². The van der Waals surface area contributed by atoms with E-state index in [0.717, 1.165) is 11.1 Å². The first kappa shape index (κ1) is 24.7. The maximum absolute atomic E-state index is 12.4. The molecule has 2 N–H and O–H groups in total. The lowest BCUT2D eigenvalue weighted by Crippen LogP contribution is -2.12. The Labute approximate surface area is 210 Å². The van der Waals surface area contributed by atoms with Crippen LogP contribution in [0.15, 0.2) is 97.1 Å². The number of benzene rings is 4. The van der Waals surface area contributed by atoms with Crippen LogP contribution in [0.2, 0.25) is 0 Å². The fourth-order valence-electron chi connectivity index (χ4n) is 3.58. The summed E-state index contributed by atoms with van der Waals surface area (Å²) >= 11 is 0. The smallest absolute Gasteiger partial charge is 0.270 e. The number of nitrogens with zero attached hydrogens (tertiary/aromatic N) is 2. The maximum Gasteiger partial charge on any atom is 0.270 e. The van der Waals surface area contributed by atoms with Gasteiger partial charge in [0.15, 0.2) is 0 Å². The molecule has 0 saturated heterocycles. The minimum absolute atomic E-state index is 0.155. The van der Waals surface area contributed by atoms with E-state index in [-0.39, 0.29) is 22.5 Å². The summed E-state index contributed by atoms with van der Waals surface area (Å²) in [4.78, 5) is 45.6. The van der Waals surface area contributed by atoms with Crippen LogP contribution in [0.25, 0.3) is 0 Å². The van der Waals surface area contributed by atoms with Crippen molar-refractivity contribution in [3.63, 3.8) is 0 Å². The number of nitro benzene ring substituents is 2. The van der Waals surface area contributed by atoms with E-state index in [9.17, 15) is 29.8 Å². The van der Waals surface area contributed by atoms with E-state index in [1.54, 1.807) is 24.3 Å². The second kappa shape index (κ2) is 10.9. The van der Waals surface area contributed by atoms with Crippen LogP contribution in [0.4, 0.5) is 22.7 Å². The van der Waals surface area contributed by atoms with Crippen LogP contribution >= 0.6 is 0 Å². The lowest BCUT2D eigenvalue weighted by Gasteiger charge is -2.09. The second-order valence-electron chi connectivity index (χ2n) is 8.09. The Morgan fingerprint density at radius 2 is 0.973 bits per heavy atom. The molecular weight excluding hydrogens is 476 g/mol. The third kappa shape index (κ3) is 6.40. The Morgan fingerprint density at radius 3 is 1.32 bits per heavy atom. The van der Waals surface area contributed by atoms with Gasteiger partial charge >= 0.3 is 0 Å². The number of nitro groups is 2. The highest BCUT2D eigenvalue weighted by atomic mass is 16.6. The number of non-ortho nitro benzene ring substituents is 2. The SMILES string of the molecule is O=C(Nc1ccc(Cc2ccc(NC(=O)c3cccc([N+](=O)[O-])c3)cc2)cc1)c1cccc([N+](=O)[O-])c1. The van der Waals surface area contributed by atoms with Crippen molar-refractivity contribution >= 4 is 34.6 Å². The number of rotatable bonds is 8. The van der Waals surface area contributed by atoms with Crippen molar-refractivity contribution in [1.29, 1.82) is 0 Å². The quantitative estimate of drug-likeness (QED) is 0.240. The molecule has 4 rings (SSSR count). The maximum atomic E-state index is 12.4. The van der Waals surface area contributed by atoms with Crippen LogP contribution in [0.3, 0.4) is 0 Å². The summed E-state index contributed by atoms with van der Waals surface area (Å²) in [5.74, 6) is -0.890. The summed E-state index contributed by atoms with van der Waals surface area (Å²) in [6.07, 6.45) is 0.609. The summed E-state index contributed by atoms with van der Waals surface area (Å²) in [5, 5.41) is 27.3. The van der Waals surface area contributed by atoms with Gasteiger partial charge in [0.25, 0.3) is 23.2 Å². The van der Waals surface area contributed by atoms with Crippen molar-refractivity contribution in [1.82, 2.24) is 0 Å². The zero-order valence-corrected chi connectivity index (χ0v) is 19.3. The van der Waals surface area contributed by atoms with Gasteiger partial charge in [0, 0.05) is 46.8 Å². The Kier molecular flexibility index (Phi) is 7.29. The molecule has 0 spiro atoms. The molecule has 0 aliphatic heterocycles. The Hall–Kier alpha value is -5.38. The molecule has 0 atom stereocenters. The second-order valence-corrected chi connectivity index (χ2v) is 8.09. The van der Waals surface area contributed by atoms with E-state index in [4.69, 9.17) is 0 Å². The molecule has 184 valence electrons. The molecule has 0 aromatic heterocycles. The number of anilines is 2. The fraction of sp³-hybridized carbons (Fsp3) is 0.0370. The van der Waals surface area contributed by atoms with Gasteiger partial charge in [-0.2, -0.15) is 0 Å². The van der Waals surface area contributed by atoms with Crippen molar-refractivity contribution in [3.05, 3.63) is 140 Å². The minimum Gasteiger partial charge on any atom is -0.322 e. The van der Waals surface area contributed by atoms with Gasteiger partial charge in [-0.3, -0.25) is 29.8 Å². The van der Waals surface area contributed by atoms with Gasteiger partial charge < -0.3 is 10.6 Å². The molecule has 10 nitrogen and oxygen atoms in total. The van der Waals surface area contributed by atoms with Gasteiger partial charge in [-0.25, -0.2) is 0 Å². The molecule has 0 bridgehead atoms. The van der Waals surface area contributed by atoms with Crippen molar-refractivity contribution < 1.29 is 19.4 Å². The van der Waals surface area contributed by atoms with E-state index >= 15 is 0 Å². The van der Waals surface area contributed by atoms with Crippen LogP contribution in [-0.4, -0.2) is 21.7 Å². The molecule has 0 aliphatic rings. The molecule has 37 heavy (non-hydrogen) atoms. The first-order chi connectivity index (χ1) is 17.8. The molecular formula is C27H20N4O6. The molecule has 2 amide bonds. The number of carbonyl (C=O) groups excluding carboxylic acids is 2. The Morgan fingerprint density at radius 1 is 0.595 bits per heavy atom. The summed E-state index contributed by atoms with van der Waals surface area (Å²) in [5.41, 5.74) is 3.16. The minimum atomic E-state index is -0.552. The highest BCUT2D eigenvalue weighted by Gasteiger charge is 2.13. The van der Waals surface area contributed by atoms with Crippen molar-refractivity contribution in [2.45, 2.75) is 6.42 Å². The third-order valence-electron chi connectivity index (χ3n) is 5.47. The molecule has 4 aromatic rings. The van der Waals surface area contributed by atoms with Crippen molar-refractivity contribution in [2.24, 2.45) is 0 Å². The summed E-state index contributed by atoms with van der Waals surface area (Å²) in [6.45, 7) is 0. The lowest BCUT2D eigenvalue weighted by atomic mass is 10.0. The third-order valence-corrected chi connectivity index (χ3v) is 5.47. The van der Waals surface area contributed by atoms with Crippen LogP contribution < -0.4 is 10.6 Å². The molecule has 0 saturated carbocycles. The highest BCUT2D eigenvalue weighted by Crippen LogP contribution is 2.19. The zero-order chi connectivity index (χ0) is 26.4. The summed E-state index contributed by atoms with van der Waals surface area (Å²) < 4.78 is 0. The summed E-state index contributed by atoms with van der Waals surface area (Å²) in [6, 6.07) is 25.5. The normalized spacial score (nSPS) is 10.4. The van der Waals surface area contributed by atoms with E-state index in [1.165, 1.54) is 48.5 Å². The fourth-order valence-corrected chi connectivity index (χ4v) is 3.58. The molecule has 0 radical (unpaired) electrons. The molecule has 4 aromatic carbocycles. The van der Waals surface area contributed by atoms with E-state index in [0.29, 0.717) is 17.8 Å². The number of hydrogen-bond donors (Lipinski definition) is 2. The van der Waals surface area contributed by atoms with E-state index in [2.05, 4.69) is 10.6 Å². The van der Waals surface area contributed by atoms with Gasteiger partial charge in [0.1, 0.15) is 0 Å². The van der Waals surface area contributed by atoms with Crippen LogP contribution in [0.1, 0.15) is 31.8 Å². The molecule has 0 aliphatic carbocycles. The van der Waals surface area contributed by atoms with Crippen molar-refractivity contribution in [3.8, 4) is 0 Å². The monoisotopic (exact) mass is 496 g/mol. The van der Waals surface area contributed by atoms with Crippen LogP contribution in [-0.2, 0) is 6.42 Å². The largest absolute Gasteiger partial charge is 0.322 e. The van der Waals surface area contributed by atoms with E-state index in [1.807, 2.05) is 24.3 Å². The topological polar surface area (TPSA) is 144 Å². The predicted octanol–water partition coefficient (Wildman–Crippen LogP) is 5.60. The number of hydrogen-bond acceptors (Lipinski definition) is 6. The first-order valence-electron chi connectivity index (χ1n) is 11.1. The van der Waals surface area contributed by atoms with Crippen molar-refractivity contribution in [2.75, 3.05) is 10.6 Å². The molecule has 0 unspecified atom stereocenters. The van der Waals surface area contributed by atoms with Gasteiger partial charge in [-0.05, 0) is 53.9 Å². The Bertz CT molecular complexity index is 1370. The molecule has 10 heteroatoms. The molecule has 0 heterocycles. The van der Waals surface area contributed by atoms with Gasteiger partial charge in [-0.1, -0.05) is 36.4 Å². The number of nitrogens with one attached hydrogen (secondary N) is 2. The number of carbonyl (C=O) groups is 2. The average molecular weight is 496 g/mol. The number of amides is 2. The van der Waals surface area contributed by atoms with Gasteiger partial charge in [-0.15, -0.1) is 0 Å². The van der Waals surface area contributed by atoms with Gasteiger partial charge in [0.2, 0.25) is 0 Å². The van der Waals surface area contributed by atoms with E-state index < -0.39 is 21.7 Å². The zero-order valence-electron chi connectivity index (χ0n) is 19.3. The van der Waals surface area contributed by atoms with Crippen LogP contribution in [0.5, 0.6) is 0 Å². The lowest BCUT2D eigenvalue weighted by molar-refractivity contribution is -0.385. The highest BCUT2D eigenvalue weighted by molar-refractivity contribution is 6.05. The van der Waals surface area contributed by atoms with Gasteiger partial charge in [0.05, 0.1) is 9.85 Å². The first-order valence-corrected chi connectivity index (χ1v) is 11.1. The average Bonchev–Trinajstić information content (AvgIpc) is 2.91.